The number of likely N-dealkylation sites (N-methyl/N-ethyl adjacent to an activating group) is 1. The van der Waals surface area contributed by atoms with Crippen LogP contribution in [0.3, 0.4) is 0 Å². The maximum Gasteiger partial charge on any atom is 0.160 e. The van der Waals surface area contributed by atoms with Crippen LogP contribution in [-0.4, -0.2) is 40.1 Å². The van der Waals surface area contributed by atoms with Gasteiger partial charge in [-0.25, -0.2) is 9.97 Å². The van der Waals surface area contributed by atoms with Crippen molar-refractivity contribution < 1.29 is 0 Å². The first kappa shape index (κ1) is 15.3. The molecular formula is C15H23ClN4. The van der Waals surface area contributed by atoms with Gasteiger partial charge in [-0.1, -0.05) is 13.8 Å². The van der Waals surface area contributed by atoms with Gasteiger partial charge in [0.05, 0.1) is 11.9 Å². The number of aromatic nitrogens is 3. The summed E-state index contributed by atoms with van der Waals surface area (Å²) in [5.41, 5.74) is 2.88. The summed E-state index contributed by atoms with van der Waals surface area (Å²) in [7, 11) is 4.18. The van der Waals surface area contributed by atoms with E-state index in [9.17, 15) is 0 Å². The average Bonchev–Trinajstić information content (AvgIpc) is 2.73. The summed E-state index contributed by atoms with van der Waals surface area (Å²) in [4.78, 5) is 11.5. The second kappa shape index (κ2) is 6.10. The quantitative estimate of drug-likeness (QED) is 0.794. The number of hydrogen-bond acceptors (Lipinski definition) is 3. The van der Waals surface area contributed by atoms with Crippen molar-refractivity contribution in [1.82, 2.24) is 19.4 Å². The molecule has 0 aliphatic heterocycles. The molecule has 1 atom stereocenters. The van der Waals surface area contributed by atoms with E-state index in [1.807, 2.05) is 19.1 Å². The summed E-state index contributed by atoms with van der Waals surface area (Å²) in [6, 6.07) is 4.34. The van der Waals surface area contributed by atoms with Crippen molar-refractivity contribution in [3.05, 3.63) is 23.7 Å². The molecular weight excluding hydrogens is 272 g/mol. The molecule has 5 heteroatoms. The molecule has 1 unspecified atom stereocenters. The van der Waals surface area contributed by atoms with Gasteiger partial charge in [0.15, 0.2) is 5.65 Å². The molecule has 0 radical (unpaired) electrons. The highest BCUT2D eigenvalue weighted by Crippen LogP contribution is 2.26. The van der Waals surface area contributed by atoms with Crippen LogP contribution in [0.4, 0.5) is 0 Å². The van der Waals surface area contributed by atoms with Gasteiger partial charge < -0.3 is 9.47 Å². The fraction of sp³-hybridized carbons (Fsp3) is 0.600. The Morgan fingerprint density at radius 1 is 1.25 bits per heavy atom. The fourth-order valence-corrected chi connectivity index (χ4v) is 2.71. The third-order valence-corrected chi connectivity index (χ3v) is 3.76. The largest absolute Gasteiger partial charge is 0.307 e. The number of nitrogens with zero attached hydrogens (tertiary/aromatic N) is 4. The summed E-state index contributed by atoms with van der Waals surface area (Å²) in [6.07, 6.45) is 0. The van der Waals surface area contributed by atoms with Gasteiger partial charge in [-0.3, -0.25) is 0 Å². The van der Waals surface area contributed by atoms with Crippen LogP contribution in [0.5, 0.6) is 0 Å². The van der Waals surface area contributed by atoms with Crippen LogP contribution in [0.2, 0.25) is 0 Å². The Labute approximate surface area is 125 Å². The van der Waals surface area contributed by atoms with E-state index in [1.54, 1.807) is 0 Å². The molecule has 0 aliphatic carbocycles. The average molecular weight is 295 g/mol. The second-order valence-corrected chi connectivity index (χ2v) is 6.17. The highest BCUT2D eigenvalue weighted by Gasteiger charge is 2.23. The summed E-state index contributed by atoms with van der Waals surface area (Å²) in [5, 5.41) is 0. The second-order valence-electron chi connectivity index (χ2n) is 5.90. The molecule has 110 valence electrons. The lowest BCUT2D eigenvalue weighted by Crippen LogP contribution is -2.29. The van der Waals surface area contributed by atoms with E-state index < -0.39 is 0 Å². The van der Waals surface area contributed by atoms with Gasteiger partial charge in [-0.2, -0.15) is 0 Å². The van der Waals surface area contributed by atoms with Crippen molar-refractivity contribution in [2.75, 3.05) is 20.6 Å². The Hall–Kier alpha value is -1.13. The van der Waals surface area contributed by atoms with Crippen LogP contribution in [0.1, 0.15) is 31.4 Å². The van der Waals surface area contributed by atoms with Crippen molar-refractivity contribution in [3.8, 4) is 0 Å². The molecule has 2 aromatic rings. The zero-order valence-corrected chi connectivity index (χ0v) is 13.6. The van der Waals surface area contributed by atoms with Crippen molar-refractivity contribution in [3.63, 3.8) is 0 Å². The lowest BCUT2D eigenvalue weighted by atomic mass is 10.0. The predicted octanol–water partition coefficient (Wildman–Crippen LogP) is 3.24. The monoisotopic (exact) mass is 294 g/mol. The third kappa shape index (κ3) is 2.96. The Morgan fingerprint density at radius 3 is 2.50 bits per heavy atom. The summed E-state index contributed by atoms with van der Waals surface area (Å²) < 4.78 is 2.22. The number of rotatable bonds is 5. The van der Waals surface area contributed by atoms with E-state index >= 15 is 0 Å². The van der Waals surface area contributed by atoms with Gasteiger partial charge in [-0.05, 0) is 39.1 Å². The van der Waals surface area contributed by atoms with E-state index in [0.717, 1.165) is 29.2 Å². The molecule has 0 fully saturated rings. The van der Waals surface area contributed by atoms with Gasteiger partial charge in [0.25, 0.3) is 0 Å². The van der Waals surface area contributed by atoms with Crippen LogP contribution in [0.25, 0.3) is 11.2 Å². The van der Waals surface area contributed by atoms with Crippen LogP contribution in [-0.2, 0) is 5.88 Å². The molecule has 0 N–H and O–H groups in total. The van der Waals surface area contributed by atoms with Crippen LogP contribution in [0.15, 0.2) is 12.1 Å². The number of alkyl halides is 1. The molecule has 20 heavy (non-hydrogen) atoms. The van der Waals surface area contributed by atoms with Crippen molar-refractivity contribution in [2.45, 2.75) is 32.7 Å². The van der Waals surface area contributed by atoms with Crippen molar-refractivity contribution in [1.29, 1.82) is 0 Å². The van der Waals surface area contributed by atoms with Crippen LogP contribution >= 0.6 is 11.6 Å². The first-order valence-electron chi connectivity index (χ1n) is 6.99. The molecule has 0 bridgehead atoms. The fourth-order valence-electron chi connectivity index (χ4n) is 2.52. The van der Waals surface area contributed by atoms with Crippen LogP contribution < -0.4 is 0 Å². The van der Waals surface area contributed by atoms with Gasteiger partial charge in [0, 0.05) is 12.2 Å². The first-order chi connectivity index (χ1) is 9.43. The molecule has 2 aromatic heterocycles. The predicted molar refractivity (Wildman–Crippen MR) is 84.3 cm³/mol. The highest BCUT2D eigenvalue weighted by molar-refractivity contribution is 6.16. The molecule has 2 heterocycles. The zero-order valence-electron chi connectivity index (χ0n) is 12.9. The topological polar surface area (TPSA) is 34.0 Å². The summed E-state index contributed by atoms with van der Waals surface area (Å²) >= 11 is 6.10. The number of fused-ring (bicyclic) bond motifs is 1. The maximum absolute atomic E-state index is 6.10. The Bertz CT molecular complexity index is 589. The zero-order chi connectivity index (χ0) is 14.9. The number of hydrogen-bond donors (Lipinski definition) is 0. The van der Waals surface area contributed by atoms with Gasteiger partial charge in [-0.15, -0.1) is 11.6 Å². The molecule has 0 aliphatic rings. The molecule has 0 aromatic carbocycles. The number of imidazole rings is 1. The third-order valence-electron chi connectivity index (χ3n) is 3.52. The molecule has 0 saturated heterocycles. The van der Waals surface area contributed by atoms with Crippen LogP contribution in [0, 0.1) is 12.8 Å². The van der Waals surface area contributed by atoms with E-state index in [2.05, 4.69) is 47.4 Å². The number of halogens is 1. The molecule has 4 nitrogen and oxygen atoms in total. The standard InChI is InChI=1S/C15H23ClN4/c1-10(2)13(9-19(4)5)20-14(8-16)18-12-7-6-11(3)17-15(12)20/h6-7,10,13H,8-9H2,1-5H3. The minimum absolute atomic E-state index is 0.318. The molecule has 0 amide bonds. The smallest absolute Gasteiger partial charge is 0.160 e. The number of pyridine rings is 1. The van der Waals surface area contributed by atoms with Crippen molar-refractivity contribution in [2.24, 2.45) is 5.92 Å². The highest BCUT2D eigenvalue weighted by atomic mass is 35.5. The Kier molecular flexibility index (Phi) is 4.66. The minimum Gasteiger partial charge on any atom is -0.307 e. The first-order valence-corrected chi connectivity index (χ1v) is 7.52. The van der Waals surface area contributed by atoms with E-state index in [0.29, 0.717) is 17.8 Å². The Balaban J connectivity index is 2.61. The van der Waals surface area contributed by atoms with E-state index in [-0.39, 0.29) is 0 Å². The SMILES string of the molecule is Cc1ccc2nc(CCl)n(C(CN(C)C)C(C)C)c2n1. The summed E-state index contributed by atoms with van der Waals surface area (Å²) in [6.45, 7) is 7.41. The van der Waals surface area contributed by atoms with Gasteiger partial charge >= 0.3 is 0 Å². The summed E-state index contributed by atoms with van der Waals surface area (Å²) in [5.74, 6) is 1.80. The lowest BCUT2D eigenvalue weighted by Gasteiger charge is -2.27. The van der Waals surface area contributed by atoms with E-state index in [4.69, 9.17) is 11.6 Å². The molecule has 0 spiro atoms. The van der Waals surface area contributed by atoms with Gasteiger partial charge in [0.1, 0.15) is 11.3 Å². The minimum atomic E-state index is 0.318. The van der Waals surface area contributed by atoms with Crippen molar-refractivity contribution >= 4 is 22.8 Å². The Morgan fingerprint density at radius 2 is 1.95 bits per heavy atom. The number of aryl methyl sites for hydroxylation is 1. The van der Waals surface area contributed by atoms with Gasteiger partial charge in [0.2, 0.25) is 0 Å². The molecule has 2 rings (SSSR count). The molecule has 0 saturated carbocycles. The van der Waals surface area contributed by atoms with E-state index in [1.165, 1.54) is 0 Å². The maximum atomic E-state index is 6.10. The lowest BCUT2D eigenvalue weighted by molar-refractivity contribution is 0.269. The normalized spacial score (nSPS) is 13.6.